The number of carbonyl (C=O) groups excluding carboxylic acids is 1. The summed E-state index contributed by atoms with van der Waals surface area (Å²) in [6.45, 7) is 17.5. The van der Waals surface area contributed by atoms with Gasteiger partial charge in [0.2, 0.25) is 0 Å². The van der Waals surface area contributed by atoms with Crippen molar-refractivity contribution in [3.8, 4) is 0 Å². The highest BCUT2D eigenvalue weighted by Crippen LogP contribution is 2.36. The summed E-state index contributed by atoms with van der Waals surface area (Å²) in [6.07, 6.45) is 1.01. The third-order valence-corrected chi connectivity index (χ3v) is 2.93. The van der Waals surface area contributed by atoms with Gasteiger partial charge in [0.05, 0.1) is 18.6 Å². The van der Waals surface area contributed by atoms with E-state index >= 15 is 0 Å². The Labute approximate surface area is 119 Å². The highest BCUT2D eigenvalue weighted by Gasteiger charge is 2.35. The molecule has 0 aromatic carbocycles. The summed E-state index contributed by atoms with van der Waals surface area (Å²) in [4.78, 5) is 12.2. The number of ether oxygens (including phenoxy) is 2. The van der Waals surface area contributed by atoms with Gasteiger partial charge in [-0.3, -0.25) is 4.79 Å². The van der Waals surface area contributed by atoms with Crippen LogP contribution in [0.25, 0.3) is 0 Å². The summed E-state index contributed by atoms with van der Waals surface area (Å²) in [5, 5.41) is 0. The summed E-state index contributed by atoms with van der Waals surface area (Å²) in [7, 11) is 0. The van der Waals surface area contributed by atoms with E-state index in [1.54, 1.807) is 0 Å². The first-order valence-electron chi connectivity index (χ1n) is 7.22. The third-order valence-electron chi connectivity index (χ3n) is 2.93. The topological polar surface area (TPSA) is 35.5 Å². The van der Waals surface area contributed by atoms with E-state index < -0.39 is 0 Å². The monoisotopic (exact) mass is 272 g/mol. The van der Waals surface area contributed by atoms with Gasteiger partial charge in [-0.2, -0.15) is 0 Å². The fourth-order valence-electron chi connectivity index (χ4n) is 1.88. The van der Waals surface area contributed by atoms with Crippen molar-refractivity contribution in [1.29, 1.82) is 0 Å². The predicted molar refractivity (Wildman–Crippen MR) is 79.1 cm³/mol. The summed E-state index contributed by atoms with van der Waals surface area (Å²) in [5.74, 6) is -0.179. The quantitative estimate of drug-likeness (QED) is 0.540. The van der Waals surface area contributed by atoms with Crippen LogP contribution in [-0.4, -0.2) is 25.3 Å². The summed E-state index contributed by atoms with van der Waals surface area (Å²) in [6, 6.07) is 0. The number of hydrogen-bond donors (Lipinski definition) is 0. The maximum Gasteiger partial charge on any atom is 0.309 e. The van der Waals surface area contributed by atoms with Crippen LogP contribution in [-0.2, 0) is 14.3 Å². The number of carbonyl (C=O) groups is 1. The van der Waals surface area contributed by atoms with E-state index in [4.69, 9.17) is 9.47 Å². The minimum absolute atomic E-state index is 0.0773. The number of rotatable bonds is 6. The van der Waals surface area contributed by atoms with Crippen molar-refractivity contribution in [3.05, 3.63) is 0 Å². The second-order valence-corrected chi connectivity index (χ2v) is 7.77. The van der Waals surface area contributed by atoms with Gasteiger partial charge in [0.1, 0.15) is 6.61 Å². The highest BCUT2D eigenvalue weighted by molar-refractivity contribution is 5.73. The highest BCUT2D eigenvalue weighted by atomic mass is 16.6. The zero-order valence-electron chi connectivity index (χ0n) is 14.0. The SMILES string of the molecule is CC(C)OCCOC(=O)C(CC(C)(C)C)C(C)(C)C. The van der Waals surface area contributed by atoms with Crippen LogP contribution >= 0.6 is 0 Å². The van der Waals surface area contributed by atoms with Gasteiger partial charge >= 0.3 is 5.97 Å². The summed E-state index contributed by atoms with van der Waals surface area (Å²) in [5.41, 5.74) is 0.0364. The lowest BCUT2D eigenvalue weighted by atomic mass is 9.72. The first kappa shape index (κ1) is 18.4. The van der Waals surface area contributed by atoms with Gasteiger partial charge in [-0.25, -0.2) is 0 Å². The molecule has 114 valence electrons. The standard InChI is InChI=1S/C16H32O3/c1-12(2)18-9-10-19-14(17)13(16(6,7)8)11-15(3,4)5/h12-13H,9-11H2,1-8H3. The molecule has 1 atom stereocenters. The summed E-state index contributed by atoms with van der Waals surface area (Å²) < 4.78 is 10.7. The molecule has 0 aromatic rings. The molecule has 0 saturated carbocycles. The number of esters is 1. The van der Waals surface area contributed by atoms with E-state index in [2.05, 4.69) is 41.5 Å². The second kappa shape index (κ2) is 7.28. The van der Waals surface area contributed by atoms with E-state index in [9.17, 15) is 4.79 Å². The molecule has 19 heavy (non-hydrogen) atoms. The molecular weight excluding hydrogens is 240 g/mol. The Morgan fingerprint density at radius 3 is 1.89 bits per heavy atom. The van der Waals surface area contributed by atoms with Crippen LogP contribution in [0.3, 0.4) is 0 Å². The normalized spacial score (nSPS) is 14.6. The van der Waals surface area contributed by atoms with Gasteiger partial charge in [-0.05, 0) is 31.1 Å². The van der Waals surface area contributed by atoms with E-state index in [1.807, 2.05) is 13.8 Å². The van der Waals surface area contributed by atoms with Gasteiger partial charge in [-0.1, -0.05) is 41.5 Å². The van der Waals surface area contributed by atoms with Crippen molar-refractivity contribution in [2.45, 2.75) is 67.9 Å². The average molecular weight is 272 g/mol. The van der Waals surface area contributed by atoms with E-state index in [-0.39, 0.29) is 28.8 Å². The van der Waals surface area contributed by atoms with E-state index in [0.29, 0.717) is 13.2 Å². The molecular formula is C16H32O3. The Balaban J connectivity index is 4.41. The van der Waals surface area contributed by atoms with Crippen LogP contribution in [0.4, 0.5) is 0 Å². The van der Waals surface area contributed by atoms with Crippen LogP contribution in [0.15, 0.2) is 0 Å². The molecule has 0 aliphatic heterocycles. The third kappa shape index (κ3) is 9.04. The molecule has 0 heterocycles. The van der Waals surface area contributed by atoms with Crippen molar-refractivity contribution >= 4 is 5.97 Å². The molecule has 0 aliphatic rings. The smallest absolute Gasteiger partial charge is 0.309 e. The molecule has 0 aromatic heterocycles. The molecule has 0 spiro atoms. The van der Waals surface area contributed by atoms with E-state index in [1.165, 1.54) is 0 Å². The molecule has 0 fully saturated rings. The zero-order chi connectivity index (χ0) is 15.3. The fraction of sp³-hybridized carbons (Fsp3) is 0.938. The Kier molecular flexibility index (Phi) is 7.06. The maximum atomic E-state index is 12.2. The Hall–Kier alpha value is -0.570. The Morgan fingerprint density at radius 2 is 1.53 bits per heavy atom. The molecule has 0 N–H and O–H groups in total. The van der Waals surface area contributed by atoms with Gasteiger partial charge in [0.15, 0.2) is 0 Å². The van der Waals surface area contributed by atoms with Crippen LogP contribution in [0, 0.1) is 16.7 Å². The molecule has 3 nitrogen and oxygen atoms in total. The number of hydrogen-bond acceptors (Lipinski definition) is 3. The minimum atomic E-state index is -0.102. The van der Waals surface area contributed by atoms with Gasteiger partial charge in [-0.15, -0.1) is 0 Å². The van der Waals surface area contributed by atoms with E-state index in [0.717, 1.165) is 6.42 Å². The first-order chi connectivity index (χ1) is 8.43. The van der Waals surface area contributed by atoms with Gasteiger partial charge in [0, 0.05) is 0 Å². The largest absolute Gasteiger partial charge is 0.463 e. The van der Waals surface area contributed by atoms with Gasteiger partial charge in [0.25, 0.3) is 0 Å². The van der Waals surface area contributed by atoms with Crippen LogP contribution < -0.4 is 0 Å². The molecule has 1 unspecified atom stereocenters. The van der Waals surface area contributed by atoms with Crippen LogP contribution in [0.2, 0.25) is 0 Å². The lowest BCUT2D eigenvalue weighted by Crippen LogP contribution is -2.34. The zero-order valence-corrected chi connectivity index (χ0v) is 14.0. The molecule has 0 radical (unpaired) electrons. The van der Waals surface area contributed by atoms with Crippen LogP contribution in [0.1, 0.15) is 61.8 Å². The molecule has 0 saturated heterocycles. The molecule has 0 rings (SSSR count). The Bertz CT molecular complexity index is 269. The van der Waals surface area contributed by atoms with Crippen molar-refractivity contribution in [2.75, 3.05) is 13.2 Å². The maximum absolute atomic E-state index is 12.2. The van der Waals surface area contributed by atoms with Crippen molar-refractivity contribution in [3.63, 3.8) is 0 Å². The average Bonchev–Trinajstić information content (AvgIpc) is 2.17. The molecule has 0 bridgehead atoms. The van der Waals surface area contributed by atoms with Crippen molar-refractivity contribution < 1.29 is 14.3 Å². The van der Waals surface area contributed by atoms with Crippen molar-refractivity contribution in [2.24, 2.45) is 16.7 Å². The lowest BCUT2D eigenvalue weighted by molar-refractivity contribution is -0.156. The lowest BCUT2D eigenvalue weighted by Gasteiger charge is -2.33. The van der Waals surface area contributed by atoms with Gasteiger partial charge < -0.3 is 9.47 Å². The Morgan fingerprint density at radius 1 is 1.00 bits per heavy atom. The van der Waals surface area contributed by atoms with Crippen molar-refractivity contribution in [1.82, 2.24) is 0 Å². The predicted octanol–water partition coefficient (Wildman–Crippen LogP) is 4.05. The second-order valence-electron chi connectivity index (χ2n) is 7.77. The van der Waals surface area contributed by atoms with Crippen LogP contribution in [0.5, 0.6) is 0 Å². The minimum Gasteiger partial charge on any atom is -0.463 e. The fourth-order valence-corrected chi connectivity index (χ4v) is 1.88. The summed E-state index contributed by atoms with van der Waals surface area (Å²) >= 11 is 0. The molecule has 0 amide bonds. The molecule has 0 aliphatic carbocycles. The first-order valence-corrected chi connectivity index (χ1v) is 7.22. The molecule has 3 heteroatoms.